The zero-order valence-electron chi connectivity index (χ0n) is 12.7. The number of rotatable bonds is 5. The van der Waals surface area contributed by atoms with Gasteiger partial charge in [0.05, 0.1) is 0 Å². The summed E-state index contributed by atoms with van der Waals surface area (Å²) in [7, 11) is 0. The van der Waals surface area contributed by atoms with Gasteiger partial charge in [0, 0.05) is 34.8 Å². The standard InChI is InChI=1S/C18H15N3O2S/c19-16(22)13-4-2-5-14(10-13)17(23)21-11-12-3-1-6-15(9-12)18-20-7-8-24-18/h1-10H,11H2,(H2,19,22)(H,21,23). The van der Waals surface area contributed by atoms with Crippen molar-refractivity contribution >= 4 is 23.2 Å². The molecule has 1 heterocycles. The van der Waals surface area contributed by atoms with Gasteiger partial charge in [-0.3, -0.25) is 9.59 Å². The molecular formula is C18H15N3O2S. The minimum Gasteiger partial charge on any atom is -0.366 e. The van der Waals surface area contributed by atoms with E-state index in [1.54, 1.807) is 35.7 Å². The third-order valence-corrected chi connectivity index (χ3v) is 4.29. The molecule has 0 spiro atoms. The summed E-state index contributed by atoms with van der Waals surface area (Å²) >= 11 is 1.57. The Balaban J connectivity index is 1.69. The lowest BCUT2D eigenvalue weighted by Gasteiger charge is -2.07. The molecule has 6 heteroatoms. The van der Waals surface area contributed by atoms with Crippen molar-refractivity contribution in [1.82, 2.24) is 10.3 Å². The second-order valence-corrected chi connectivity index (χ2v) is 6.06. The lowest BCUT2D eigenvalue weighted by molar-refractivity contribution is 0.0951. The minimum atomic E-state index is -0.555. The van der Waals surface area contributed by atoms with Gasteiger partial charge in [0.2, 0.25) is 5.91 Å². The molecule has 120 valence electrons. The van der Waals surface area contributed by atoms with Gasteiger partial charge in [-0.05, 0) is 29.8 Å². The smallest absolute Gasteiger partial charge is 0.251 e. The first-order chi connectivity index (χ1) is 11.6. The largest absolute Gasteiger partial charge is 0.366 e. The molecule has 0 aliphatic rings. The number of nitrogens with two attached hydrogens (primary N) is 1. The number of aromatic nitrogens is 1. The van der Waals surface area contributed by atoms with Gasteiger partial charge in [0.1, 0.15) is 5.01 Å². The molecule has 0 aliphatic heterocycles. The van der Waals surface area contributed by atoms with Crippen molar-refractivity contribution in [3.8, 4) is 10.6 Å². The van der Waals surface area contributed by atoms with E-state index < -0.39 is 5.91 Å². The Kier molecular flexibility index (Phi) is 4.67. The van der Waals surface area contributed by atoms with E-state index in [2.05, 4.69) is 10.3 Å². The Labute approximate surface area is 143 Å². The molecule has 3 N–H and O–H groups in total. The zero-order valence-corrected chi connectivity index (χ0v) is 13.5. The molecule has 0 bridgehead atoms. The summed E-state index contributed by atoms with van der Waals surface area (Å²) < 4.78 is 0. The highest BCUT2D eigenvalue weighted by Crippen LogP contribution is 2.22. The number of benzene rings is 2. The van der Waals surface area contributed by atoms with E-state index in [-0.39, 0.29) is 5.91 Å². The summed E-state index contributed by atoms with van der Waals surface area (Å²) in [6, 6.07) is 14.2. The van der Waals surface area contributed by atoms with Crippen LogP contribution in [0.2, 0.25) is 0 Å². The van der Waals surface area contributed by atoms with Gasteiger partial charge in [0.15, 0.2) is 0 Å². The summed E-state index contributed by atoms with van der Waals surface area (Å²) in [6.45, 7) is 0.388. The Hall–Kier alpha value is -2.99. The summed E-state index contributed by atoms with van der Waals surface area (Å²) in [5, 5.41) is 5.71. The SMILES string of the molecule is NC(=O)c1cccc(C(=O)NCc2cccc(-c3nccs3)c2)c1. The third kappa shape index (κ3) is 3.67. The molecule has 0 aliphatic carbocycles. The summed E-state index contributed by atoms with van der Waals surface area (Å²) in [5.41, 5.74) is 7.95. The minimum absolute atomic E-state index is 0.252. The fourth-order valence-corrected chi connectivity index (χ4v) is 2.91. The second kappa shape index (κ2) is 7.06. The van der Waals surface area contributed by atoms with Gasteiger partial charge in [-0.1, -0.05) is 24.3 Å². The van der Waals surface area contributed by atoms with Crippen LogP contribution in [0.5, 0.6) is 0 Å². The van der Waals surface area contributed by atoms with Crippen LogP contribution in [0.4, 0.5) is 0 Å². The maximum Gasteiger partial charge on any atom is 0.251 e. The third-order valence-electron chi connectivity index (χ3n) is 3.47. The van der Waals surface area contributed by atoms with E-state index in [4.69, 9.17) is 5.73 Å². The normalized spacial score (nSPS) is 10.3. The van der Waals surface area contributed by atoms with Gasteiger partial charge in [-0.25, -0.2) is 4.98 Å². The first-order valence-corrected chi connectivity index (χ1v) is 8.18. The molecule has 1 aromatic heterocycles. The van der Waals surface area contributed by atoms with Crippen LogP contribution in [0.3, 0.4) is 0 Å². The van der Waals surface area contributed by atoms with Gasteiger partial charge >= 0.3 is 0 Å². The molecule has 3 aromatic rings. The molecule has 0 atom stereocenters. The number of nitrogens with zero attached hydrogens (tertiary/aromatic N) is 1. The summed E-state index contributed by atoms with van der Waals surface area (Å²) in [5.74, 6) is -0.807. The Morgan fingerprint density at radius 1 is 1.08 bits per heavy atom. The Morgan fingerprint density at radius 2 is 1.88 bits per heavy atom. The lowest BCUT2D eigenvalue weighted by atomic mass is 10.1. The van der Waals surface area contributed by atoms with Crippen LogP contribution in [-0.2, 0) is 6.54 Å². The van der Waals surface area contributed by atoms with Gasteiger partial charge in [-0.15, -0.1) is 11.3 Å². The molecule has 0 fully saturated rings. The Morgan fingerprint density at radius 3 is 2.62 bits per heavy atom. The maximum atomic E-state index is 12.2. The Bertz CT molecular complexity index is 875. The summed E-state index contributed by atoms with van der Waals surface area (Å²) in [6.07, 6.45) is 1.76. The molecular weight excluding hydrogens is 322 g/mol. The number of nitrogens with one attached hydrogen (secondary N) is 1. The summed E-state index contributed by atoms with van der Waals surface area (Å²) in [4.78, 5) is 27.7. The highest BCUT2D eigenvalue weighted by molar-refractivity contribution is 7.13. The molecule has 0 saturated heterocycles. The molecule has 2 aromatic carbocycles. The van der Waals surface area contributed by atoms with Crippen LogP contribution in [0.15, 0.2) is 60.1 Å². The number of thiazole rings is 1. The molecule has 0 radical (unpaired) electrons. The predicted molar refractivity (Wildman–Crippen MR) is 93.7 cm³/mol. The first-order valence-electron chi connectivity index (χ1n) is 7.30. The maximum absolute atomic E-state index is 12.2. The number of amides is 2. The number of carbonyl (C=O) groups is 2. The number of hydrogen-bond donors (Lipinski definition) is 2. The molecule has 2 amide bonds. The topological polar surface area (TPSA) is 85.1 Å². The van der Waals surface area contributed by atoms with Crippen molar-refractivity contribution in [2.75, 3.05) is 0 Å². The van der Waals surface area contributed by atoms with Crippen LogP contribution >= 0.6 is 11.3 Å². The van der Waals surface area contributed by atoms with Crippen molar-refractivity contribution in [3.63, 3.8) is 0 Å². The van der Waals surface area contributed by atoms with E-state index >= 15 is 0 Å². The zero-order chi connectivity index (χ0) is 16.9. The van der Waals surface area contributed by atoms with Crippen LogP contribution in [-0.4, -0.2) is 16.8 Å². The average Bonchev–Trinajstić information content (AvgIpc) is 3.15. The van der Waals surface area contributed by atoms with E-state index in [1.807, 2.05) is 29.6 Å². The predicted octanol–water partition coefficient (Wildman–Crippen LogP) is 2.84. The van der Waals surface area contributed by atoms with Gasteiger partial charge < -0.3 is 11.1 Å². The molecule has 3 rings (SSSR count). The molecule has 24 heavy (non-hydrogen) atoms. The molecule has 5 nitrogen and oxygen atoms in total. The fourth-order valence-electron chi connectivity index (χ4n) is 2.28. The second-order valence-electron chi connectivity index (χ2n) is 5.17. The number of hydrogen-bond acceptors (Lipinski definition) is 4. The molecule has 0 unspecified atom stereocenters. The van der Waals surface area contributed by atoms with Crippen molar-refractivity contribution in [3.05, 3.63) is 76.8 Å². The van der Waals surface area contributed by atoms with Crippen molar-refractivity contribution in [2.24, 2.45) is 5.73 Å². The lowest BCUT2D eigenvalue weighted by Crippen LogP contribution is -2.23. The van der Waals surface area contributed by atoms with Crippen molar-refractivity contribution < 1.29 is 9.59 Å². The van der Waals surface area contributed by atoms with Crippen molar-refractivity contribution in [2.45, 2.75) is 6.54 Å². The quantitative estimate of drug-likeness (QED) is 0.751. The highest BCUT2D eigenvalue weighted by atomic mass is 32.1. The van der Waals surface area contributed by atoms with Gasteiger partial charge in [0.25, 0.3) is 5.91 Å². The van der Waals surface area contributed by atoms with E-state index in [0.717, 1.165) is 16.1 Å². The van der Waals surface area contributed by atoms with Crippen molar-refractivity contribution in [1.29, 1.82) is 0 Å². The van der Waals surface area contributed by atoms with E-state index in [9.17, 15) is 9.59 Å². The molecule has 0 saturated carbocycles. The van der Waals surface area contributed by atoms with Crippen LogP contribution in [0, 0.1) is 0 Å². The van der Waals surface area contributed by atoms with Crippen LogP contribution in [0.25, 0.3) is 10.6 Å². The highest BCUT2D eigenvalue weighted by Gasteiger charge is 2.09. The fraction of sp³-hybridized carbons (Fsp3) is 0.0556. The number of carbonyl (C=O) groups excluding carboxylic acids is 2. The van der Waals surface area contributed by atoms with Gasteiger partial charge in [-0.2, -0.15) is 0 Å². The monoisotopic (exact) mass is 337 g/mol. The van der Waals surface area contributed by atoms with Crippen LogP contribution < -0.4 is 11.1 Å². The van der Waals surface area contributed by atoms with Crippen LogP contribution in [0.1, 0.15) is 26.3 Å². The van der Waals surface area contributed by atoms with E-state index in [0.29, 0.717) is 17.7 Å². The number of primary amides is 1. The average molecular weight is 337 g/mol. The first kappa shape index (κ1) is 15.9. The van der Waals surface area contributed by atoms with E-state index in [1.165, 1.54) is 6.07 Å².